The topological polar surface area (TPSA) is 166 Å². The Labute approximate surface area is 177 Å². The second-order valence-electron chi connectivity index (χ2n) is 7.73. The maximum Gasteiger partial charge on any atom is 0.243 e. The molecule has 6 N–H and O–H groups in total. The normalized spacial score (nSPS) is 12.6. The van der Waals surface area contributed by atoms with Crippen LogP contribution in [-0.4, -0.2) is 73.5 Å². The van der Waals surface area contributed by atoms with Crippen molar-refractivity contribution in [3.8, 4) is 0 Å². The van der Waals surface area contributed by atoms with Crippen molar-refractivity contribution < 1.29 is 29.1 Å². The van der Waals surface area contributed by atoms with Gasteiger partial charge in [0.2, 0.25) is 30.0 Å². The molecule has 0 bridgehead atoms. The van der Waals surface area contributed by atoms with Crippen molar-refractivity contribution in [3.63, 3.8) is 0 Å². The van der Waals surface area contributed by atoms with Crippen LogP contribution < -0.4 is 26.6 Å². The summed E-state index contributed by atoms with van der Waals surface area (Å²) >= 11 is 0. The van der Waals surface area contributed by atoms with Crippen LogP contribution in [-0.2, 0) is 24.0 Å². The van der Waals surface area contributed by atoms with Crippen molar-refractivity contribution >= 4 is 30.0 Å². The first-order chi connectivity index (χ1) is 14.1. The molecule has 0 aliphatic carbocycles. The van der Waals surface area contributed by atoms with Gasteiger partial charge in [-0.15, -0.1) is 0 Å². The largest absolute Gasteiger partial charge is 0.395 e. The van der Waals surface area contributed by atoms with Gasteiger partial charge >= 0.3 is 0 Å². The molecule has 0 fully saturated rings. The molecule has 0 unspecified atom stereocenters. The number of hydrogen-bond donors (Lipinski definition) is 6. The molecule has 11 nitrogen and oxygen atoms in total. The van der Waals surface area contributed by atoms with Crippen LogP contribution in [0.5, 0.6) is 0 Å². The van der Waals surface area contributed by atoms with E-state index in [9.17, 15) is 24.0 Å². The molecule has 2 atom stereocenters. The van der Waals surface area contributed by atoms with Crippen LogP contribution in [0.4, 0.5) is 0 Å². The number of amides is 5. The monoisotopic (exact) mass is 429 g/mol. The van der Waals surface area contributed by atoms with Crippen LogP contribution in [0.2, 0.25) is 0 Å². The number of aliphatic hydroxyl groups excluding tert-OH is 1. The van der Waals surface area contributed by atoms with E-state index in [4.69, 9.17) is 5.11 Å². The van der Waals surface area contributed by atoms with E-state index < -0.39 is 35.7 Å². The lowest BCUT2D eigenvalue weighted by molar-refractivity contribution is -0.131. The molecule has 0 aromatic rings. The number of nitrogens with one attached hydrogen (secondary N) is 5. The summed E-state index contributed by atoms with van der Waals surface area (Å²) in [4.78, 5) is 59.0. The zero-order chi connectivity index (χ0) is 23.1. The number of carbonyl (C=O) groups is 5. The van der Waals surface area contributed by atoms with Crippen molar-refractivity contribution in [1.29, 1.82) is 0 Å². The molecule has 0 aromatic heterocycles. The minimum atomic E-state index is -0.875. The molecule has 0 saturated carbocycles. The van der Waals surface area contributed by atoms with Gasteiger partial charge in [0.1, 0.15) is 12.1 Å². The molecule has 0 heterocycles. The Kier molecular flexibility index (Phi) is 13.8. The summed E-state index contributed by atoms with van der Waals surface area (Å²) in [6.45, 7) is 6.79. The fourth-order valence-electron chi connectivity index (χ4n) is 2.59. The Morgan fingerprint density at radius 1 is 0.800 bits per heavy atom. The molecule has 0 spiro atoms. The summed E-state index contributed by atoms with van der Waals surface area (Å²) in [6.07, 6.45) is 1.20. The van der Waals surface area contributed by atoms with Gasteiger partial charge in [0.05, 0.1) is 19.7 Å². The number of aliphatic hydroxyl groups is 1. The summed E-state index contributed by atoms with van der Waals surface area (Å²) in [5, 5.41) is 20.9. The second-order valence-corrected chi connectivity index (χ2v) is 7.73. The zero-order valence-electron chi connectivity index (χ0n) is 18.1. The Balaban J connectivity index is 4.71. The third kappa shape index (κ3) is 12.7. The smallest absolute Gasteiger partial charge is 0.243 e. The molecule has 5 amide bonds. The maximum atomic E-state index is 12.4. The van der Waals surface area contributed by atoms with Gasteiger partial charge in [-0.3, -0.25) is 24.0 Å². The first-order valence-corrected chi connectivity index (χ1v) is 10.0. The molecule has 0 rings (SSSR count). The molecule has 0 aliphatic rings. The first-order valence-electron chi connectivity index (χ1n) is 10.0. The summed E-state index contributed by atoms with van der Waals surface area (Å²) in [7, 11) is 0. The number of hydrogen-bond acceptors (Lipinski definition) is 6. The van der Waals surface area contributed by atoms with Crippen molar-refractivity contribution in [2.75, 3.05) is 26.2 Å². The average Bonchev–Trinajstić information content (AvgIpc) is 2.67. The van der Waals surface area contributed by atoms with E-state index in [-0.39, 0.29) is 38.1 Å². The van der Waals surface area contributed by atoms with Crippen molar-refractivity contribution in [1.82, 2.24) is 26.6 Å². The van der Waals surface area contributed by atoms with Crippen LogP contribution in [0.25, 0.3) is 0 Å². The van der Waals surface area contributed by atoms with Crippen molar-refractivity contribution in [3.05, 3.63) is 0 Å². The Hall–Kier alpha value is -2.69. The molecule has 0 aliphatic heterocycles. The van der Waals surface area contributed by atoms with E-state index in [0.717, 1.165) is 0 Å². The summed E-state index contributed by atoms with van der Waals surface area (Å²) in [6, 6.07) is -1.62. The fourth-order valence-corrected chi connectivity index (χ4v) is 2.59. The van der Waals surface area contributed by atoms with Gasteiger partial charge in [-0.2, -0.15) is 0 Å². The van der Waals surface area contributed by atoms with Gasteiger partial charge in [-0.25, -0.2) is 0 Å². The lowest BCUT2D eigenvalue weighted by Crippen LogP contribution is -2.53. The van der Waals surface area contributed by atoms with Gasteiger partial charge in [0.15, 0.2) is 0 Å². The maximum absolute atomic E-state index is 12.4. The van der Waals surface area contributed by atoms with Gasteiger partial charge in [0, 0.05) is 6.54 Å². The molecular weight excluding hydrogens is 394 g/mol. The second kappa shape index (κ2) is 15.2. The highest BCUT2D eigenvalue weighted by atomic mass is 16.3. The lowest BCUT2D eigenvalue weighted by Gasteiger charge is -2.21. The van der Waals surface area contributed by atoms with Crippen LogP contribution in [0.3, 0.4) is 0 Å². The summed E-state index contributed by atoms with van der Waals surface area (Å²) in [5.41, 5.74) is 0. The van der Waals surface area contributed by atoms with E-state index in [1.165, 1.54) is 0 Å². The average molecular weight is 430 g/mol. The Morgan fingerprint density at radius 3 is 1.80 bits per heavy atom. The van der Waals surface area contributed by atoms with Crippen molar-refractivity contribution in [2.45, 2.75) is 52.6 Å². The SMILES string of the molecule is CC(C)C[C@@H](NC=O)C(=O)NCC(=O)N[C@H](CC(C)C)C(=O)NCC(=O)NCCO. The number of rotatable bonds is 15. The molecular formula is C19H35N5O6. The molecule has 0 saturated heterocycles. The highest BCUT2D eigenvalue weighted by Gasteiger charge is 2.24. The van der Waals surface area contributed by atoms with E-state index in [2.05, 4.69) is 26.6 Å². The highest BCUT2D eigenvalue weighted by molar-refractivity contribution is 5.92. The van der Waals surface area contributed by atoms with E-state index >= 15 is 0 Å². The van der Waals surface area contributed by atoms with Gasteiger partial charge in [0.25, 0.3) is 0 Å². The molecule has 0 aromatic carbocycles. The van der Waals surface area contributed by atoms with E-state index in [0.29, 0.717) is 19.3 Å². The standard InChI is InChI=1S/C19H35N5O6/c1-12(2)7-14(23-11-26)18(29)22-10-17(28)24-15(8-13(3)4)19(30)21-9-16(27)20-5-6-25/h11-15,25H,5-10H2,1-4H3,(H,20,27)(H,21,30)(H,22,29)(H,23,26)(H,24,28)/t14-,15-/m1/s1. The molecule has 30 heavy (non-hydrogen) atoms. The molecule has 11 heteroatoms. The molecule has 172 valence electrons. The predicted molar refractivity (Wildman–Crippen MR) is 110 cm³/mol. The van der Waals surface area contributed by atoms with Crippen LogP contribution in [0.1, 0.15) is 40.5 Å². The van der Waals surface area contributed by atoms with E-state index in [1.807, 2.05) is 27.7 Å². The predicted octanol–water partition coefficient (Wildman–Crippen LogP) is -1.98. The van der Waals surface area contributed by atoms with Crippen LogP contribution in [0.15, 0.2) is 0 Å². The van der Waals surface area contributed by atoms with E-state index in [1.54, 1.807) is 0 Å². The lowest BCUT2D eigenvalue weighted by atomic mass is 10.0. The van der Waals surface area contributed by atoms with Crippen molar-refractivity contribution in [2.24, 2.45) is 11.8 Å². The zero-order valence-corrected chi connectivity index (χ0v) is 18.1. The first kappa shape index (κ1) is 27.3. The third-order valence-electron chi connectivity index (χ3n) is 3.93. The Morgan fingerprint density at radius 2 is 1.30 bits per heavy atom. The molecule has 0 radical (unpaired) electrons. The van der Waals surface area contributed by atoms with Crippen LogP contribution in [0, 0.1) is 11.8 Å². The minimum absolute atomic E-state index is 0.0807. The Bertz CT molecular complexity index is 582. The fraction of sp³-hybridized carbons (Fsp3) is 0.737. The highest BCUT2D eigenvalue weighted by Crippen LogP contribution is 2.06. The quantitative estimate of drug-likeness (QED) is 0.165. The van der Waals surface area contributed by atoms with Gasteiger partial charge < -0.3 is 31.7 Å². The summed E-state index contributed by atoms with van der Waals surface area (Å²) < 4.78 is 0. The minimum Gasteiger partial charge on any atom is -0.395 e. The third-order valence-corrected chi connectivity index (χ3v) is 3.93. The van der Waals surface area contributed by atoms with Gasteiger partial charge in [-0.05, 0) is 24.7 Å². The van der Waals surface area contributed by atoms with Crippen LogP contribution >= 0.6 is 0 Å². The number of carbonyl (C=O) groups excluding carboxylic acids is 5. The summed E-state index contributed by atoms with van der Waals surface area (Å²) in [5.74, 6) is -1.79. The van der Waals surface area contributed by atoms with Gasteiger partial charge in [-0.1, -0.05) is 27.7 Å².